The minimum Gasteiger partial charge on any atom is -0.409 e. The van der Waals surface area contributed by atoms with Crippen molar-refractivity contribution in [1.82, 2.24) is 19.7 Å². The van der Waals surface area contributed by atoms with Crippen LogP contribution in [0.5, 0.6) is 0 Å². The third-order valence-electron chi connectivity index (χ3n) is 2.20. The predicted molar refractivity (Wildman–Crippen MR) is 64.8 cm³/mol. The molecule has 2 aromatic rings. The second-order valence-electron chi connectivity index (χ2n) is 3.62. The molecule has 9 nitrogen and oxygen atoms in total. The maximum absolute atomic E-state index is 11.3. The summed E-state index contributed by atoms with van der Waals surface area (Å²) < 4.78 is 23.9. The summed E-state index contributed by atoms with van der Waals surface area (Å²) in [5.74, 6) is -0.0712. The molecular weight excluding hydrogens is 272 g/mol. The summed E-state index contributed by atoms with van der Waals surface area (Å²) >= 11 is 0. The zero-order valence-corrected chi connectivity index (χ0v) is 10.6. The molecule has 0 bridgehead atoms. The van der Waals surface area contributed by atoms with Crippen molar-refractivity contribution >= 4 is 15.7 Å². The second kappa shape index (κ2) is 4.65. The van der Waals surface area contributed by atoms with Gasteiger partial charge in [-0.1, -0.05) is 5.16 Å². The van der Waals surface area contributed by atoms with Crippen LogP contribution in [0, 0.1) is 0 Å². The van der Waals surface area contributed by atoms with Crippen molar-refractivity contribution in [1.29, 1.82) is 0 Å². The molecule has 19 heavy (non-hydrogen) atoms. The molecule has 0 amide bonds. The Morgan fingerprint density at radius 2 is 2.26 bits per heavy atom. The lowest BCUT2D eigenvalue weighted by Gasteiger charge is -2.01. The number of nitrogens with two attached hydrogens (primary N) is 1. The van der Waals surface area contributed by atoms with Crippen molar-refractivity contribution in [2.75, 3.05) is 6.26 Å². The number of sulfone groups is 1. The normalized spacial score (nSPS) is 12.6. The zero-order chi connectivity index (χ0) is 14.0. The molecule has 100 valence electrons. The maximum Gasteiger partial charge on any atom is 0.251 e. The largest absolute Gasteiger partial charge is 0.409 e. The average molecular weight is 282 g/mol. The first-order chi connectivity index (χ1) is 8.91. The summed E-state index contributed by atoms with van der Waals surface area (Å²) in [5, 5.41) is 15.2. The van der Waals surface area contributed by atoms with Crippen LogP contribution in [-0.4, -0.2) is 45.5 Å². The van der Waals surface area contributed by atoms with Gasteiger partial charge in [-0.2, -0.15) is 5.10 Å². The van der Waals surface area contributed by atoms with Crippen LogP contribution in [0.1, 0.15) is 5.69 Å². The Labute approximate surface area is 108 Å². The highest BCUT2D eigenvalue weighted by Gasteiger charge is 2.12. The molecule has 0 aliphatic carbocycles. The van der Waals surface area contributed by atoms with Crippen molar-refractivity contribution in [2.45, 2.75) is 4.90 Å². The molecule has 0 saturated carbocycles. The maximum atomic E-state index is 11.3. The molecule has 0 saturated heterocycles. The number of rotatable bonds is 3. The van der Waals surface area contributed by atoms with Crippen LogP contribution in [-0.2, 0) is 9.84 Å². The van der Waals surface area contributed by atoms with Gasteiger partial charge in [0.1, 0.15) is 10.6 Å². The van der Waals surface area contributed by atoms with Crippen molar-refractivity contribution in [3.8, 4) is 5.95 Å². The smallest absolute Gasteiger partial charge is 0.251 e. The van der Waals surface area contributed by atoms with Gasteiger partial charge < -0.3 is 10.9 Å². The standard InChI is InChI=1S/C9H10N6O3S/c1-19(17,18)6-4-12-15(5-6)9-11-3-2-7(13-9)8(10)14-16/h2-5,16H,1H3,(H2,10,14). The Morgan fingerprint density at radius 1 is 1.53 bits per heavy atom. The van der Waals surface area contributed by atoms with Gasteiger partial charge in [0.25, 0.3) is 5.95 Å². The molecule has 0 fully saturated rings. The van der Waals surface area contributed by atoms with Crippen LogP contribution < -0.4 is 5.73 Å². The van der Waals surface area contributed by atoms with E-state index in [9.17, 15) is 8.42 Å². The number of amidine groups is 1. The Morgan fingerprint density at radius 3 is 2.84 bits per heavy atom. The van der Waals surface area contributed by atoms with Crippen LogP contribution in [0.4, 0.5) is 0 Å². The quantitative estimate of drug-likeness (QED) is 0.324. The molecule has 2 aromatic heterocycles. The zero-order valence-electron chi connectivity index (χ0n) is 9.79. The lowest BCUT2D eigenvalue weighted by molar-refractivity contribution is 0.318. The predicted octanol–water partition coefficient (Wildman–Crippen LogP) is -0.840. The van der Waals surface area contributed by atoms with Crippen molar-refractivity contribution < 1.29 is 13.6 Å². The molecule has 2 heterocycles. The van der Waals surface area contributed by atoms with E-state index in [1.807, 2.05) is 0 Å². The summed E-state index contributed by atoms with van der Waals surface area (Å²) in [7, 11) is -3.35. The van der Waals surface area contributed by atoms with E-state index >= 15 is 0 Å². The summed E-state index contributed by atoms with van der Waals surface area (Å²) in [6.07, 6.45) is 4.93. The number of aromatic nitrogens is 4. The highest BCUT2D eigenvalue weighted by molar-refractivity contribution is 7.90. The Kier molecular flexibility index (Phi) is 3.17. The van der Waals surface area contributed by atoms with Crippen molar-refractivity contribution in [3.63, 3.8) is 0 Å². The third kappa shape index (κ3) is 2.68. The molecule has 0 atom stereocenters. The molecule has 0 aliphatic rings. The number of oxime groups is 1. The molecule has 3 N–H and O–H groups in total. The van der Waals surface area contributed by atoms with Crippen molar-refractivity contribution in [2.24, 2.45) is 10.9 Å². The highest BCUT2D eigenvalue weighted by Crippen LogP contribution is 2.09. The van der Waals surface area contributed by atoms with E-state index in [0.717, 1.165) is 6.26 Å². The van der Waals surface area contributed by atoms with Crippen LogP contribution in [0.15, 0.2) is 34.7 Å². The summed E-state index contributed by atoms with van der Waals surface area (Å²) in [5.41, 5.74) is 5.60. The van der Waals surface area contributed by atoms with Crippen molar-refractivity contribution in [3.05, 3.63) is 30.4 Å². The second-order valence-corrected chi connectivity index (χ2v) is 5.64. The minimum atomic E-state index is -3.35. The fourth-order valence-corrected chi connectivity index (χ4v) is 1.79. The highest BCUT2D eigenvalue weighted by atomic mass is 32.2. The fraction of sp³-hybridized carbons (Fsp3) is 0.111. The van der Waals surface area contributed by atoms with Gasteiger partial charge in [0.2, 0.25) is 0 Å². The monoisotopic (exact) mass is 282 g/mol. The van der Waals surface area contributed by atoms with E-state index in [1.165, 1.54) is 29.3 Å². The van der Waals surface area contributed by atoms with E-state index in [0.29, 0.717) is 0 Å². The summed E-state index contributed by atoms with van der Waals surface area (Å²) in [6, 6.07) is 1.44. The molecule has 10 heteroatoms. The van der Waals surface area contributed by atoms with E-state index < -0.39 is 9.84 Å². The topological polar surface area (TPSA) is 136 Å². The van der Waals surface area contributed by atoms with Gasteiger partial charge >= 0.3 is 0 Å². The van der Waals surface area contributed by atoms with E-state index in [-0.39, 0.29) is 22.4 Å². The van der Waals surface area contributed by atoms with Gasteiger partial charge in [0.05, 0.1) is 12.4 Å². The average Bonchev–Trinajstić information content (AvgIpc) is 2.87. The van der Waals surface area contributed by atoms with Crippen LogP contribution in [0.2, 0.25) is 0 Å². The number of hydrogen-bond donors (Lipinski definition) is 2. The molecule has 0 radical (unpaired) electrons. The van der Waals surface area contributed by atoms with Gasteiger partial charge in [-0.15, -0.1) is 0 Å². The van der Waals surface area contributed by atoms with E-state index in [4.69, 9.17) is 10.9 Å². The molecule has 2 rings (SSSR count). The molecule has 0 spiro atoms. The Balaban J connectivity index is 2.46. The first-order valence-electron chi connectivity index (χ1n) is 4.98. The Bertz CT molecular complexity index is 736. The van der Waals surface area contributed by atoms with Crippen LogP contribution in [0.3, 0.4) is 0 Å². The first-order valence-corrected chi connectivity index (χ1v) is 6.87. The summed E-state index contributed by atoms with van der Waals surface area (Å²) in [6.45, 7) is 0. The fourth-order valence-electron chi connectivity index (χ4n) is 1.26. The van der Waals surface area contributed by atoms with Gasteiger partial charge in [-0.25, -0.2) is 23.1 Å². The molecule has 0 aliphatic heterocycles. The summed E-state index contributed by atoms with van der Waals surface area (Å²) in [4.78, 5) is 7.96. The lowest BCUT2D eigenvalue weighted by atomic mass is 10.4. The van der Waals surface area contributed by atoms with Gasteiger partial charge in [0.15, 0.2) is 15.7 Å². The van der Waals surface area contributed by atoms with Gasteiger partial charge in [-0.05, 0) is 6.07 Å². The van der Waals surface area contributed by atoms with Crippen LogP contribution >= 0.6 is 0 Å². The minimum absolute atomic E-state index is 0.0466. The molecule has 0 aromatic carbocycles. The molecular formula is C9H10N6O3S. The van der Waals surface area contributed by atoms with Gasteiger partial charge in [0, 0.05) is 12.5 Å². The van der Waals surface area contributed by atoms with E-state index in [1.54, 1.807) is 0 Å². The third-order valence-corrected chi connectivity index (χ3v) is 3.27. The van der Waals surface area contributed by atoms with E-state index in [2.05, 4.69) is 20.2 Å². The van der Waals surface area contributed by atoms with Gasteiger partial charge in [-0.3, -0.25) is 0 Å². The lowest BCUT2D eigenvalue weighted by Crippen LogP contribution is -2.16. The first kappa shape index (κ1) is 13.0. The number of nitrogens with zero attached hydrogens (tertiary/aromatic N) is 5. The molecule has 0 unspecified atom stereocenters. The Hall–Kier alpha value is -2.49. The van der Waals surface area contributed by atoms with Crippen LogP contribution in [0.25, 0.3) is 5.95 Å². The number of hydrogen-bond acceptors (Lipinski definition) is 7. The SMILES string of the molecule is CS(=O)(=O)c1cnn(-c2nccc(/C(N)=N/O)n2)c1.